The summed E-state index contributed by atoms with van der Waals surface area (Å²) in [7, 11) is -3.42. The summed E-state index contributed by atoms with van der Waals surface area (Å²) in [6, 6.07) is -0.765. The van der Waals surface area contributed by atoms with Gasteiger partial charge in [0.1, 0.15) is 0 Å². The van der Waals surface area contributed by atoms with E-state index in [9.17, 15) is 22.8 Å². The van der Waals surface area contributed by atoms with Crippen molar-refractivity contribution in [3.8, 4) is 0 Å². The molecule has 0 unspecified atom stereocenters. The Morgan fingerprint density at radius 2 is 1.71 bits per heavy atom. The number of carboxylic acid groups (broad SMARTS) is 1. The number of hydrogen-bond acceptors (Lipinski definition) is 5. The Labute approximate surface area is 123 Å². The molecule has 0 aliphatic rings. The van der Waals surface area contributed by atoms with Gasteiger partial charge in [0.25, 0.3) is 0 Å². The number of hydrogen-bond donors (Lipinski definition) is 4. The predicted octanol–water partition coefficient (Wildman–Crippen LogP) is -0.605. The molecule has 21 heavy (non-hydrogen) atoms. The molecule has 0 aliphatic carbocycles. The van der Waals surface area contributed by atoms with E-state index in [0.717, 1.165) is 6.26 Å². The van der Waals surface area contributed by atoms with Crippen LogP contribution in [0.2, 0.25) is 0 Å². The average molecular weight is 323 g/mol. The molecule has 0 spiro atoms. The molecule has 0 bridgehead atoms. The minimum absolute atomic E-state index is 0.0195. The molecule has 0 saturated heterocycles. The maximum absolute atomic E-state index is 11.4. The Hall–Kier alpha value is -1.68. The van der Waals surface area contributed by atoms with Crippen LogP contribution in [0.4, 0.5) is 4.79 Å². The molecule has 0 rings (SSSR count). The first-order valence-electron chi connectivity index (χ1n) is 6.20. The van der Waals surface area contributed by atoms with Crippen LogP contribution in [0.5, 0.6) is 0 Å². The van der Waals surface area contributed by atoms with Gasteiger partial charge in [0.2, 0.25) is 15.9 Å². The predicted molar refractivity (Wildman–Crippen MR) is 75.1 cm³/mol. The number of carboxylic acids is 1. The molecule has 0 heterocycles. The molecule has 122 valence electrons. The molecule has 0 atom stereocenters. The van der Waals surface area contributed by atoms with Crippen LogP contribution >= 0.6 is 0 Å². The molecule has 0 aromatic rings. The number of aliphatic carboxylic acids is 1. The van der Waals surface area contributed by atoms with Crippen molar-refractivity contribution in [2.75, 3.05) is 12.8 Å². The number of urea groups is 1. The van der Waals surface area contributed by atoms with Crippen molar-refractivity contribution in [1.29, 1.82) is 0 Å². The molecule has 9 nitrogen and oxygen atoms in total. The van der Waals surface area contributed by atoms with Gasteiger partial charge in [-0.3, -0.25) is 14.9 Å². The largest absolute Gasteiger partial charge is 0.481 e. The van der Waals surface area contributed by atoms with E-state index in [0.29, 0.717) is 0 Å². The summed E-state index contributed by atoms with van der Waals surface area (Å²) >= 11 is 0. The summed E-state index contributed by atoms with van der Waals surface area (Å²) in [5, 5.41) is 12.8. The van der Waals surface area contributed by atoms with Gasteiger partial charge in [-0.25, -0.2) is 17.9 Å². The van der Waals surface area contributed by atoms with E-state index in [1.165, 1.54) is 0 Å². The molecule has 4 N–H and O–H groups in total. The first-order chi connectivity index (χ1) is 9.41. The number of amides is 3. The third-order valence-corrected chi connectivity index (χ3v) is 3.12. The van der Waals surface area contributed by atoms with E-state index in [2.05, 4.69) is 10.0 Å². The van der Waals surface area contributed by atoms with Gasteiger partial charge in [-0.1, -0.05) is 0 Å². The number of carbonyl (C=O) groups excluding carboxylic acids is 2. The van der Waals surface area contributed by atoms with E-state index in [1.54, 1.807) is 13.8 Å². The molecule has 3 amide bonds. The molecule has 0 aromatic heterocycles. The van der Waals surface area contributed by atoms with Crippen molar-refractivity contribution in [2.24, 2.45) is 0 Å². The van der Waals surface area contributed by atoms with Gasteiger partial charge >= 0.3 is 12.0 Å². The van der Waals surface area contributed by atoms with E-state index in [1.807, 2.05) is 5.32 Å². The van der Waals surface area contributed by atoms with Crippen molar-refractivity contribution in [1.82, 2.24) is 15.4 Å². The van der Waals surface area contributed by atoms with Gasteiger partial charge in [0.15, 0.2) is 0 Å². The second-order valence-electron chi connectivity index (χ2n) is 5.24. The van der Waals surface area contributed by atoms with Gasteiger partial charge < -0.3 is 10.4 Å². The second-order valence-corrected chi connectivity index (χ2v) is 6.98. The number of rotatable bonds is 8. The highest BCUT2D eigenvalue weighted by atomic mass is 32.2. The van der Waals surface area contributed by atoms with E-state index >= 15 is 0 Å². The van der Waals surface area contributed by atoms with Gasteiger partial charge in [0.05, 0.1) is 6.26 Å². The average Bonchev–Trinajstić information content (AvgIpc) is 2.22. The summed E-state index contributed by atoms with van der Waals surface area (Å²) in [4.78, 5) is 33.0. The number of imide groups is 1. The quantitative estimate of drug-likeness (QED) is 0.470. The molecular formula is C11H21N3O6S. The lowest BCUT2D eigenvalue weighted by molar-refractivity contribution is -0.137. The highest BCUT2D eigenvalue weighted by Crippen LogP contribution is 2.01. The van der Waals surface area contributed by atoms with Crippen LogP contribution in [0.25, 0.3) is 0 Å². The summed E-state index contributed by atoms with van der Waals surface area (Å²) in [5.74, 6) is -1.61. The summed E-state index contributed by atoms with van der Waals surface area (Å²) in [6.07, 6.45) is 0.904. The number of carbonyl (C=O) groups is 3. The molecule has 0 fully saturated rings. The standard InChI is InChI=1S/C11H21N3O6S/c1-11(2,14-21(3,19)20)7-12-10(18)13-8(15)5-4-6-9(16)17/h14H,4-7H2,1-3H3,(H,16,17)(H2,12,13,15,18). The SMILES string of the molecule is CC(C)(CNC(=O)NC(=O)CCCC(=O)O)NS(C)(=O)=O. The number of sulfonamides is 1. The number of nitrogens with one attached hydrogen (secondary N) is 3. The summed E-state index contributed by atoms with van der Waals surface area (Å²) in [5.41, 5.74) is -0.905. The van der Waals surface area contributed by atoms with Crippen LogP contribution in [-0.2, 0) is 19.6 Å². The van der Waals surface area contributed by atoms with Crippen molar-refractivity contribution in [3.63, 3.8) is 0 Å². The zero-order valence-electron chi connectivity index (χ0n) is 12.2. The van der Waals surface area contributed by atoms with Crippen LogP contribution in [0, 0.1) is 0 Å². The molecular weight excluding hydrogens is 302 g/mol. The molecule has 0 radical (unpaired) electrons. The topological polar surface area (TPSA) is 142 Å². The molecule has 0 saturated carbocycles. The van der Waals surface area contributed by atoms with Crippen LogP contribution < -0.4 is 15.4 Å². The minimum Gasteiger partial charge on any atom is -0.481 e. The van der Waals surface area contributed by atoms with Crippen molar-refractivity contribution in [3.05, 3.63) is 0 Å². The second kappa shape index (κ2) is 7.93. The minimum atomic E-state index is -3.42. The summed E-state index contributed by atoms with van der Waals surface area (Å²) in [6.45, 7) is 3.13. The Morgan fingerprint density at radius 1 is 1.14 bits per heavy atom. The fraction of sp³-hybridized carbons (Fsp3) is 0.727. The Kier molecular flexibility index (Phi) is 7.30. The molecule has 0 aliphatic heterocycles. The molecule has 0 aromatic carbocycles. The Balaban J connectivity index is 4.09. The van der Waals surface area contributed by atoms with Gasteiger partial charge in [-0.2, -0.15) is 0 Å². The van der Waals surface area contributed by atoms with Crippen LogP contribution in [0.1, 0.15) is 33.1 Å². The molecule has 10 heteroatoms. The fourth-order valence-corrected chi connectivity index (χ4v) is 2.55. The maximum atomic E-state index is 11.4. The summed E-state index contributed by atoms with van der Waals surface area (Å²) < 4.78 is 24.5. The van der Waals surface area contributed by atoms with Crippen LogP contribution in [-0.4, -0.2) is 49.8 Å². The van der Waals surface area contributed by atoms with E-state index < -0.39 is 33.5 Å². The lowest BCUT2D eigenvalue weighted by atomic mass is 10.1. The lowest BCUT2D eigenvalue weighted by Crippen LogP contribution is -2.53. The monoisotopic (exact) mass is 323 g/mol. The Morgan fingerprint density at radius 3 is 2.19 bits per heavy atom. The van der Waals surface area contributed by atoms with E-state index in [-0.39, 0.29) is 25.8 Å². The lowest BCUT2D eigenvalue weighted by Gasteiger charge is -2.25. The van der Waals surface area contributed by atoms with Gasteiger partial charge in [-0.05, 0) is 20.3 Å². The highest BCUT2D eigenvalue weighted by molar-refractivity contribution is 7.88. The Bertz CT molecular complexity index is 500. The fourth-order valence-electron chi connectivity index (χ4n) is 1.47. The third-order valence-electron chi connectivity index (χ3n) is 2.20. The van der Waals surface area contributed by atoms with E-state index in [4.69, 9.17) is 5.11 Å². The third kappa shape index (κ3) is 11.8. The van der Waals surface area contributed by atoms with Gasteiger partial charge in [0, 0.05) is 24.9 Å². The highest BCUT2D eigenvalue weighted by Gasteiger charge is 2.23. The van der Waals surface area contributed by atoms with Gasteiger partial charge in [-0.15, -0.1) is 0 Å². The normalized spacial score (nSPS) is 11.8. The van der Waals surface area contributed by atoms with Crippen molar-refractivity contribution < 1.29 is 27.9 Å². The zero-order chi connectivity index (χ0) is 16.7. The van der Waals surface area contributed by atoms with Crippen LogP contribution in [0.15, 0.2) is 0 Å². The van der Waals surface area contributed by atoms with Crippen LogP contribution in [0.3, 0.4) is 0 Å². The van der Waals surface area contributed by atoms with Crippen molar-refractivity contribution >= 4 is 27.9 Å². The van der Waals surface area contributed by atoms with Crippen molar-refractivity contribution in [2.45, 2.75) is 38.6 Å². The first kappa shape index (κ1) is 19.3. The zero-order valence-corrected chi connectivity index (χ0v) is 13.0. The first-order valence-corrected chi connectivity index (χ1v) is 8.09. The smallest absolute Gasteiger partial charge is 0.321 e. The maximum Gasteiger partial charge on any atom is 0.321 e.